The number of aliphatic carboxylic acids is 1. The Morgan fingerprint density at radius 3 is 1.92 bits per heavy atom. The first kappa shape index (κ1) is 19.9. The van der Waals surface area contributed by atoms with Crippen LogP contribution >= 0.6 is 0 Å². The summed E-state index contributed by atoms with van der Waals surface area (Å²) in [5.74, 6) is -2.61. The van der Waals surface area contributed by atoms with E-state index in [0.29, 0.717) is 0 Å². The standard InChI is InChI=1S/C19H25NO6/c1-10-11(2)13(4)19(5,12(10)3)18(20-14(21)6-7-15(20)22)26-17(25)9-8-16(23)24/h18H,6-9H2,1-5H3,(H,23,24). The Balaban J connectivity index is 2.45. The number of nitrogens with zero attached hydrogens (tertiary/aromatic N) is 1. The number of likely N-dealkylation sites (tertiary alicyclic amines) is 1. The van der Waals surface area contributed by atoms with E-state index >= 15 is 0 Å². The van der Waals surface area contributed by atoms with Crippen LogP contribution in [0.5, 0.6) is 0 Å². The monoisotopic (exact) mass is 363 g/mol. The maximum Gasteiger partial charge on any atom is 0.308 e. The van der Waals surface area contributed by atoms with E-state index in [1.165, 1.54) is 0 Å². The summed E-state index contributed by atoms with van der Waals surface area (Å²) in [7, 11) is 0. The van der Waals surface area contributed by atoms with Gasteiger partial charge in [0.2, 0.25) is 11.8 Å². The summed E-state index contributed by atoms with van der Waals surface area (Å²) in [6, 6.07) is 0. The van der Waals surface area contributed by atoms with Crippen molar-refractivity contribution in [2.45, 2.75) is 66.5 Å². The van der Waals surface area contributed by atoms with Gasteiger partial charge in [0.15, 0.2) is 6.23 Å². The summed E-state index contributed by atoms with van der Waals surface area (Å²) in [4.78, 5) is 48.7. The molecule has 142 valence electrons. The minimum atomic E-state index is -1.11. The fraction of sp³-hybridized carbons (Fsp3) is 0.579. The highest BCUT2D eigenvalue weighted by Crippen LogP contribution is 2.51. The average Bonchev–Trinajstić information content (AvgIpc) is 2.98. The Hall–Kier alpha value is -2.44. The zero-order valence-corrected chi connectivity index (χ0v) is 15.8. The molecule has 0 aromatic rings. The van der Waals surface area contributed by atoms with Crippen molar-refractivity contribution in [2.75, 3.05) is 0 Å². The van der Waals surface area contributed by atoms with Crippen LogP contribution in [0.2, 0.25) is 0 Å². The molecule has 1 atom stereocenters. The molecule has 2 amide bonds. The van der Waals surface area contributed by atoms with Gasteiger partial charge in [-0.15, -0.1) is 0 Å². The lowest BCUT2D eigenvalue weighted by Crippen LogP contribution is -2.52. The number of allylic oxidation sites excluding steroid dienone is 2. The Labute approximate surface area is 152 Å². The topological polar surface area (TPSA) is 101 Å². The number of amides is 2. The van der Waals surface area contributed by atoms with Crippen LogP contribution in [0.25, 0.3) is 0 Å². The molecule has 1 aliphatic heterocycles. The average molecular weight is 363 g/mol. The highest BCUT2D eigenvalue weighted by atomic mass is 16.6. The lowest BCUT2D eigenvalue weighted by molar-refractivity contribution is -0.176. The molecule has 1 unspecified atom stereocenters. The quantitative estimate of drug-likeness (QED) is 0.575. The predicted octanol–water partition coefficient (Wildman–Crippen LogP) is 2.56. The van der Waals surface area contributed by atoms with Gasteiger partial charge in [0.05, 0.1) is 18.3 Å². The number of rotatable bonds is 6. The first-order valence-corrected chi connectivity index (χ1v) is 8.64. The molecule has 0 aromatic heterocycles. The molecular weight excluding hydrogens is 338 g/mol. The van der Waals surface area contributed by atoms with Crippen LogP contribution in [0, 0.1) is 5.41 Å². The second-order valence-corrected chi connectivity index (χ2v) is 7.10. The number of ether oxygens (including phenoxy) is 1. The number of hydrogen-bond donors (Lipinski definition) is 1. The van der Waals surface area contributed by atoms with Crippen molar-refractivity contribution in [1.82, 2.24) is 4.90 Å². The van der Waals surface area contributed by atoms with E-state index in [4.69, 9.17) is 9.84 Å². The highest BCUT2D eigenvalue weighted by Gasteiger charge is 2.52. The Bertz CT molecular complexity index is 705. The maximum absolute atomic E-state index is 12.3. The number of carboxylic acids is 1. The first-order valence-electron chi connectivity index (χ1n) is 8.64. The molecule has 1 fully saturated rings. The second kappa shape index (κ2) is 7.05. The van der Waals surface area contributed by atoms with Crippen molar-refractivity contribution < 1.29 is 29.0 Å². The van der Waals surface area contributed by atoms with Crippen LogP contribution in [-0.2, 0) is 23.9 Å². The lowest BCUT2D eigenvalue weighted by Gasteiger charge is -2.41. The number of esters is 1. The van der Waals surface area contributed by atoms with E-state index in [2.05, 4.69) is 0 Å². The van der Waals surface area contributed by atoms with Gasteiger partial charge >= 0.3 is 11.9 Å². The van der Waals surface area contributed by atoms with E-state index in [0.717, 1.165) is 27.2 Å². The summed E-state index contributed by atoms with van der Waals surface area (Å²) in [6.45, 7) is 9.56. The molecule has 0 spiro atoms. The number of carbonyl (C=O) groups is 4. The smallest absolute Gasteiger partial charge is 0.308 e. The lowest BCUT2D eigenvalue weighted by atomic mass is 9.77. The SMILES string of the molecule is CC1=C(C)C(C)(C(OC(=O)CCC(=O)O)N2C(=O)CCC2=O)C(C)=C1C. The minimum absolute atomic E-state index is 0.0849. The molecule has 0 aromatic carbocycles. The van der Waals surface area contributed by atoms with E-state index < -0.39 is 23.6 Å². The zero-order chi connectivity index (χ0) is 19.8. The van der Waals surface area contributed by atoms with Gasteiger partial charge in [0.1, 0.15) is 0 Å². The fourth-order valence-electron chi connectivity index (χ4n) is 3.67. The van der Waals surface area contributed by atoms with Crippen molar-refractivity contribution in [3.63, 3.8) is 0 Å². The summed E-state index contributed by atoms with van der Waals surface area (Å²) in [5.41, 5.74) is 3.10. The third kappa shape index (κ3) is 3.18. The van der Waals surface area contributed by atoms with E-state index in [-0.39, 0.29) is 37.5 Å². The third-order valence-electron chi connectivity index (χ3n) is 5.85. The van der Waals surface area contributed by atoms with Crippen molar-refractivity contribution in [3.8, 4) is 0 Å². The number of carboxylic acid groups (broad SMARTS) is 1. The molecule has 7 heteroatoms. The van der Waals surface area contributed by atoms with Gasteiger partial charge in [0, 0.05) is 12.8 Å². The largest absolute Gasteiger partial charge is 0.481 e. The van der Waals surface area contributed by atoms with Gasteiger partial charge in [-0.25, -0.2) is 4.90 Å². The molecule has 1 N–H and O–H groups in total. The number of carbonyl (C=O) groups excluding carboxylic acids is 3. The normalized spacial score (nSPS) is 20.9. The van der Waals surface area contributed by atoms with E-state index in [1.54, 1.807) is 0 Å². The van der Waals surface area contributed by atoms with Crippen LogP contribution in [0.1, 0.15) is 60.3 Å². The van der Waals surface area contributed by atoms with Crippen LogP contribution in [-0.4, -0.2) is 40.0 Å². The zero-order valence-electron chi connectivity index (χ0n) is 15.8. The summed E-state index contributed by atoms with van der Waals surface area (Å²) in [6.07, 6.45) is -1.63. The van der Waals surface area contributed by atoms with Crippen LogP contribution in [0.3, 0.4) is 0 Å². The number of hydrogen-bond acceptors (Lipinski definition) is 5. The van der Waals surface area contributed by atoms with Crippen LogP contribution < -0.4 is 0 Å². The third-order valence-corrected chi connectivity index (χ3v) is 5.85. The van der Waals surface area contributed by atoms with E-state index in [1.807, 2.05) is 34.6 Å². The molecule has 2 rings (SSSR count). The van der Waals surface area contributed by atoms with Crippen molar-refractivity contribution in [2.24, 2.45) is 5.41 Å². The highest BCUT2D eigenvalue weighted by molar-refractivity contribution is 6.02. The van der Waals surface area contributed by atoms with Gasteiger partial charge in [-0.05, 0) is 45.8 Å². The summed E-state index contributed by atoms with van der Waals surface area (Å²) < 4.78 is 5.56. The molecule has 1 saturated heterocycles. The second-order valence-electron chi connectivity index (χ2n) is 7.10. The molecule has 7 nitrogen and oxygen atoms in total. The molecule has 1 aliphatic carbocycles. The van der Waals surface area contributed by atoms with E-state index in [9.17, 15) is 19.2 Å². The summed E-state index contributed by atoms with van der Waals surface area (Å²) >= 11 is 0. The van der Waals surface area contributed by atoms with Crippen LogP contribution in [0.15, 0.2) is 22.3 Å². The van der Waals surface area contributed by atoms with Gasteiger partial charge < -0.3 is 9.84 Å². The number of imide groups is 1. The molecule has 0 bridgehead atoms. The molecule has 0 radical (unpaired) electrons. The molecule has 1 heterocycles. The Morgan fingerprint density at radius 2 is 1.50 bits per heavy atom. The Kier molecular flexibility index (Phi) is 5.39. The van der Waals surface area contributed by atoms with Gasteiger partial charge in [0.25, 0.3) is 0 Å². The van der Waals surface area contributed by atoms with Crippen molar-refractivity contribution in [3.05, 3.63) is 22.3 Å². The first-order chi connectivity index (χ1) is 12.0. The van der Waals surface area contributed by atoms with Crippen molar-refractivity contribution >= 4 is 23.8 Å². The molecule has 0 saturated carbocycles. The van der Waals surface area contributed by atoms with Gasteiger partial charge in [-0.1, -0.05) is 11.1 Å². The Morgan fingerprint density at radius 1 is 1.04 bits per heavy atom. The molecule has 2 aliphatic rings. The van der Waals surface area contributed by atoms with Gasteiger partial charge in [-0.2, -0.15) is 0 Å². The molecule has 26 heavy (non-hydrogen) atoms. The fourth-order valence-corrected chi connectivity index (χ4v) is 3.67. The van der Waals surface area contributed by atoms with Crippen LogP contribution in [0.4, 0.5) is 0 Å². The minimum Gasteiger partial charge on any atom is -0.481 e. The predicted molar refractivity (Wildman–Crippen MR) is 92.7 cm³/mol. The van der Waals surface area contributed by atoms with Gasteiger partial charge in [-0.3, -0.25) is 19.2 Å². The molecular formula is C19H25NO6. The summed E-state index contributed by atoms with van der Waals surface area (Å²) in [5, 5.41) is 8.77. The maximum atomic E-state index is 12.3. The van der Waals surface area contributed by atoms with Crippen molar-refractivity contribution in [1.29, 1.82) is 0 Å².